The van der Waals surface area contributed by atoms with Crippen molar-refractivity contribution in [3.63, 3.8) is 0 Å². The van der Waals surface area contributed by atoms with Crippen LogP contribution in [0.4, 0.5) is 13.2 Å². The fraction of sp³-hybridized carbons (Fsp3) is 0.412. The van der Waals surface area contributed by atoms with Crippen LogP contribution in [-0.4, -0.2) is 0 Å². The number of rotatable bonds is 10. The third kappa shape index (κ3) is 6.94. The molecule has 4 rings (SSSR count). The number of aryl methyl sites for hydroxylation is 1. The van der Waals surface area contributed by atoms with E-state index >= 15 is 8.78 Å². The van der Waals surface area contributed by atoms with Gasteiger partial charge in [-0.1, -0.05) is 100 Å². The van der Waals surface area contributed by atoms with Gasteiger partial charge in [0.25, 0.3) is 0 Å². The zero-order valence-electron chi connectivity index (χ0n) is 22.2. The molecule has 37 heavy (non-hydrogen) atoms. The van der Waals surface area contributed by atoms with Gasteiger partial charge in [-0.15, -0.1) is 0 Å². The van der Waals surface area contributed by atoms with E-state index in [9.17, 15) is 4.39 Å². The van der Waals surface area contributed by atoms with Gasteiger partial charge >= 0.3 is 0 Å². The molecule has 0 saturated heterocycles. The number of hydrogen-bond donors (Lipinski definition) is 0. The van der Waals surface area contributed by atoms with Gasteiger partial charge in [-0.25, -0.2) is 13.2 Å². The van der Waals surface area contributed by atoms with Crippen molar-refractivity contribution < 1.29 is 13.2 Å². The highest BCUT2D eigenvalue weighted by molar-refractivity contribution is 5.72. The minimum Gasteiger partial charge on any atom is -0.207 e. The molecule has 3 aromatic rings. The van der Waals surface area contributed by atoms with Crippen LogP contribution in [0.2, 0.25) is 0 Å². The fourth-order valence-electron chi connectivity index (χ4n) is 5.67. The van der Waals surface area contributed by atoms with E-state index in [0.29, 0.717) is 11.1 Å². The van der Waals surface area contributed by atoms with Gasteiger partial charge in [0, 0.05) is 5.56 Å². The number of halogens is 3. The molecule has 0 nitrogen and oxygen atoms in total. The van der Waals surface area contributed by atoms with Crippen molar-refractivity contribution in [2.24, 2.45) is 5.92 Å². The fourth-order valence-corrected chi connectivity index (χ4v) is 5.67. The van der Waals surface area contributed by atoms with Crippen LogP contribution in [0.25, 0.3) is 23.3 Å². The lowest BCUT2D eigenvalue weighted by molar-refractivity contribution is 0.303. The first-order valence-corrected chi connectivity index (χ1v) is 14.0. The van der Waals surface area contributed by atoms with E-state index in [0.717, 1.165) is 74.0 Å². The van der Waals surface area contributed by atoms with Crippen molar-refractivity contribution in [1.82, 2.24) is 0 Å². The molecule has 1 aliphatic carbocycles. The standard InChI is InChI=1S/C34H39F3/c1-3-5-6-8-29-20-15-26(23-32(29)35)10-9-25-13-18-28(19-14-25)31-22-21-30(33(36)34(31)37)27-16-11-24(7-4-2)12-17-27/h9-10,13-15,18-24,27H,3-8,11-12,16-17H2,1-2H3. The molecule has 3 heteroatoms. The Labute approximate surface area is 220 Å². The molecule has 3 aromatic carbocycles. The summed E-state index contributed by atoms with van der Waals surface area (Å²) in [4.78, 5) is 0. The van der Waals surface area contributed by atoms with E-state index in [-0.39, 0.29) is 17.3 Å². The van der Waals surface area contributed by atoms with Gasteiger partial charge < -0.3 is 0 Å². The van der Waals surface area contributed by atoms with Crippen LogP contribution >= 0.6 is 0 Å². The summed E-state index contributed by atoms with van der Waals surface area (Å²) >= 11 is 0. The molecular weight excluding hydrogens is 465 g/mol. The molecule has 0 unspecified atom stereocenters. The smallest absolute Gasteiger partial charge is 0.166 e. The van der Waals surface area contributed by atoms with Crippen LogP contribution in [0.5, 0.6) is 0 Å². The minimum atomic E-state index is -0.758. The van der Waals surface area contributed by atoms with Crippen molar-refractivity contribution >= 4 is 12.2 Å². The van der Waals surface area contributed by atoms with E-state index < -0.39 is 11.6 Å². The van der Waals surface area contributed by atoms with Crippen LogP contribution in [0, 0.1) is 23.4 Å². The van der Waals surface area contributed by atoms with E-state index in [1.54, 1.807) is 18.2 Å². The first kappa shape index (κ1) is 27.2. The number of benzene rings is 3. The Bertz CT molecular complexity index is 1180. The zero-order valence-corrected chi connectivity index (χ0v) is 22.2. The summed E-state index contributed by atoms with van der Waals surface area (Å²) in [5.74, 6) is -0.774. The molecular formula is C34H39F3. The van der Waals surface area contributed by atoms with Gasteiger partial charge in [-0.3, -0.25) is 0 Å². The monoisotopic (exact) mass is 504 g/mol. The molecule has 0 bridgehead atoms. The van der Waals surface area contributed by atoms with Gasteiger partial charge in [0.15, 0.2) is 11.6 Å². The lowest BCUT2D eigenvalue weighted by Crippen LogP contribution is -2.14. The zero-order chi connectivity index (χ0) is 26.2. The highest BCUT2D eigenvalue weighted by Crippen LogP contribution is 2.40. The maximum atomic E-state index is 15.1. The quantitative estimate of drug-likeness (QED) is 0.190. The van der Waals surface area contributed by atoms with Gasteiger partial charge in [-0.2, -0.15) is 0 Å². The maximum Gasteiger partial charge on any atom is 0.166 e. The SMILES string of the molecule is CCCCCc1ccc(C=Cc2ccc(-c3ccc(C4CCC(CCC)CC4)c(F)c3F)cc2)cc1F. The summed E-state index contributed by atoms with van der Waals surface area (Å²) in [7, 11) is 0. The number of unbranched alkanes of at least 4 members (excludes halogenated alkanes) is 2. The van der Waals surface area contributed by atoms with Crippen LogP contribution in [0.3, 0.4) is 0 Å². The lowest BCUT2D eigenvalue weighted by Gasteiger charge is -2.29. The number of hydrogen-bond acceptors (Lipinski definition) is 0. The lowest BCUT2D eigenvalue weighted by atomic mass is 9.77. The molecule has 0 aliphatic heterocycles. The average Bonchev–Trinajstić information content (AvgIpc) is 2.91. The molecule has 0 aromatic heterocycles. The highest BCUT2D eigenvalue weighted by Gasteiger charge is 2.26. The summed E-state index contributed by atoms with van der Waals surface area (Å²) in [5.41, 5.74) is 3.94. The Balaban J connectivity index is 1.42. The normalized spacial score (nSPS) is 18.0. The molecule has 0 spiro atoms. The molecule has 1 fully saturated rings. The summed E-state index contributed by atoms with van der Waals surface area (Å²) < 4.78 is 44.6. The predicted octanol–water partition coefficient (Wildman–Crippen LogP) is 10.7. The summed E-state index contributed by atoms with van der Waals surface area (Å²) in [6.07, 6.45) is 14.3. The highest BCUT2D eigenvalue weighted by atomic mass is 19.2. The Morgan fingerprint density at radius 3 is 2.11 bits per heavy atom. The Hall–Kier alpha value is -2.81. The van der Waals surface area contributed by atoms with Crippen LogP contribution in [0.1, 0.15) is 99.8 Å². The Morgan fingerprint density at radius 1 is 0.730 bits per heavy atom. The van der Waals surface area contributed by atoms with Crippen LogP contribution in [0.15, 0.2) is 54.6 Å². The minimum absolute atomic E-state index is 0.111. The molecule has 1 saturated carbocycles. The topological polar surface area (TPSA) is 0 Å². The van der Waals surface area contributed by atoms with Crippen LogP contribution in [-0.2, 0) is 6.42 Å². The van der Waals surface area contributed by atoms with Gasteiger partial charge in [0.05, 0.1) is 0 Å². The second kappa shape index (κ2) is 13.1. The van der Waals surface area contributed by atoms with Crippen molar-refractivity contribution in [2.45, 2.75) is 84.0 Å². The van der Waals surface area contributed by atoms with Crippen molar-refractivity contribution in [1.29, 1.82) is 0 Å². The summed E-state index contributed by atoms with van der Waals surface area (Å²) in [6.45, 7) is 4.35. The van der Waals surface area contributed by atoms with Crippen LogP contribution < -0.4 is 0 Å². The molecule has 196 valence electrons. The molecule has 0 heterocycles. The average molecular weight is 505 g/mol. The first-order chi connectivity index (χ1) is 18.0. The van der Waals surface area contributed by atoms with Gasteiger partial charge in [0.1, 0.15) is 5.82 Å². The van der Waals surface area contributed by atoms with Crippen molar-refractivity contribution in [3.05, 3.63) is 94.3 Å². The molecule has 1 aliphatic rings. The summed E-state index contributed by atoms with van der Waals surface area (Å²) in [6, 6.07) is 16.3. The van der Waals surface area contributed by atoms with E-state index in [4.69, 9.17) is 0 Å². The molecule has 0 N–H and O–H groups in total. The van der Waals surface area contributed by atoms with E-state index in [2.05, 4.69) is 13.8 Å². The molecule has 0 atom stereocenters. The predicted molar refractivity (Wildman–Crippen MR) is 150 cm³/mol. The Kier molecular flexibility index (Phi) is 9.66. The molecule has 0 amide bonds. The second-order valence-electron chi connectivity index (χ2n) is 10.6. The van der Waals surface area contributed by atoms with Crippen molar-refractivity contribution in [3.8, 4) is 11.1 Å². The maximum absolute atomic E-state index is 15.1. The largest absolute Gasteiger partial charge is 0.207 e. The second-order valence-corrected chi connectivity index (χ2v) is 10.6. The van der Waals surface area contributed by atoms with Crippen molar-refractivity contribution in [2.75, 3.05) is 0 Å². The molecule has 0 radical (unpaired) electrons. The Morgan fingerprint density at radius 2 is 1.43 bits per heavy atom. The first-order valence-electron chi connectivity index (χ1n) is 14.0. The van der Waals surface area contributed by atoms with Gasteiger partial charge in [-0.05, 0) is 84.2 Å². The summed E-state index contributed by atoms with van der Waals surface area (Å²) in [5, 5.41) is 0. The third-order valence-corrected chi connectivity index (χ3v) is 7.91. The van der Waals surface area contributed by atoms with E-state index in [1.165, 1.54) is 12.8 Å². The van der Waals surface area contributed by atoms with Gasteiger partial charge in [0.2, 0.25) is 0 Å². The third-order valence-electron chi connectivity index (χ3n) is 7.91. The van der Waals surface area contributed by atoms with E-state index in [1.807, 2.05) is 48.6 Å².